The van der Waals surface area contributed by atoms with Crippen molar-refractivity contribution in [3.05, 3.63) is 36.5 Å². The van der Waals surface area contributed by atoms with Gasteiger partial charge >= 0.3 is 19.8 Å². The maximum atomic E-state index is 12.6. The molecule has 352 valence electrons. The van der Waals surface area contributed by atoms with Gasteiger partial charge in [-0.25, -0.2) is 4.57 Å². The van der Waals surface area contributed by atoms with E-state index in [0.717, 1.165) is 57.8 Å². The van der Waals surface area contributed by atoms with E-state index < -0.39 is 26.5 Å². The molecule has 0 aliphatic carbocycles. The van der Waals surface area contributed by atoms with E-state index in [0.29, 0.717) is 6.42 Å². The van der Waals surface area contributed by atoms with Gasteiger partial charge in [-0.3, -0.25) is 18.6 Å². The number of nitrogens with two attached hydrogens (primary N) is 1. The molecule has 0 aliphatic rings. The van der Waals surface area contributed by atoms with Gasteiger partial charge in [-0.05, 0) is 51.4 Å². The van der Waals surface area contributed by atoms with Crippen LogP contribution in [0.2, 0.25) is 0 Å². The van der Waals surface area contributed by atoms with Gasteiger partial charge in [0.25, 0.3) is 0 Å². The molecule has 0 heterocycles. The minimum absolute atomic E-state index is 0.0536. The standard InChI is InChI=1S/C50H94NO8P/c1-3-5-7-9-11-13-15-17-19-20-21-22-23-24-25-26-27-28-29-31-33-35-37-39-41-43-50(53)59-48(47-58-60(54,55)57-45-44-51)46-56-49(52)42-40-38-36-34-32-30-18-16-14-12-10-8-6-4-2/h15,17,20-21,23-24,48H,3-14,16,18-19,22,25-47,51H2,1-2H3,(H,54,55)/b17-15-,21-20-,24-23-. The molecule has 9 nitrogen and oxygen atoms in total. The van der Waals surface area contributed by atoms with E-state index in [1.807, 2.05) is 0 Å². The Morgan fingerprint density at radius 3 is 1.28 bits per heavy atom. The van der Waals surface area contributed by atoms with Crippen molar-refractivity contribution in [3.63, 3.8) is 0 Å². The summed E-state index contributed by atoms with van der Waals surface area (Å²) in [7, 11) is -4.38. The summed E-state index contributed by atoms with van der Waals surface area (Å²) in [5.41, 5.74) is 5.36. The molecule has 0 bridgehead atoms. The molecule has 0 aromatic carbocycles. The van der Waals surface area contributed by atoms with Gasteiger partial charge < -0.3 is 20.1 Å². The molecule has 0 aromatic rings. The highest BCUT2D eigenvalue weighted by Crippen LogP contribution is 2.43. The van der Waals surface area contributed by atoms with Gasteiger partial charge in [0.1, 0.15) is 6.61 Å². The number of esters is 2. The first-order chi connectivity index (χ1) is 29.3. The predicted octanol–water partition coefficient (Wildman–Crippen LogP) is 14.9. The topological polar surface area (TPSA) is 134 Å². The molecular formula is C50H94NO8P. The van der Waals surface area contributed by atoms with Crippen molar-refractivity contribution in [3.8, 4) is 0 Å². The Bertz CT molecular complexity index is 1080. The third-order valence-corrected chi connectivity index (χ3v) is 11.8. The second-order valence-electron chi connectivity index (χ2n) is 16.7. The number of hydrogen-bond donors (Lipinski definition) is 2. The smallest absolute Gasteiger partial charge is 0.462 e. The average Bonchev–Trinajstić information content (AvgIpc) is 3.24. The summed E-state index contributed by atoms with van der Waals surface area (Å²) in [4.78, 5) is 35.0. The summed E-state index contributed by atoms with van der Waals surface area (Å²) < 4.78 is 32.9. The maximum absolute atomic E-state index is 12.6. The molecule has 0 saturated carbocycles. The number of phosphoric ester groups is 1. The SMILES string of the molecule is CCCCCCC/C=C\C/C=C\C/C=C\CCCCCCCCCCCCC(=O)OC(COC(=O)CCCCCCCCCCCCCCCC)COP(=O)(O)OCCN. The number of phosphoric acid groups is 1. The number of carbonyl (C=O) groups excluding carboxylic acids is 2. The van der Waals surface area contributed by atoms with Gasteiger partial charge in [-0.15, -0.1) is 0 Å². The van der Waals surface area contributed by atoms with E-state index >= 15 is 0 Å². The second-order valence-corrected chi connectivity index (χ2v) is 18.1. The highest BCUT2D eigenvalue weighted by atomic mass is 31.2. The second kappa shape index (κ2) is 46.7. The molecule has 0 aliphatic heterocycles. The fraction of sp³-hybridized carbons (Fsp3) is 0.840. The molecule has 3 N–H and O–H groups in total. The number of carbonyl (C=O) groups is 2. The minimum Gasteiger partial charge on any atom is -0.462 e. The summed E-state index contributed by atoms with van der Waals surface area (Å²) in [5, 5.41) is 0. The van der Waals surface area contributed by atoms with Crippen molar-refractivity contribution in [2.45, 2.75) is 245 Å². The quantitative estimate of drug-likeness (QED) is 0.0265. The van der Waals surface area contributed by atoms with Crippen molar-refractivity contribution in [2.75, 3.05) is 26.4 Å². The Balaban J connectivity index is 4.03. The predicted molar refractivity (Wildman–Crippen MR) is 252 cm³/mol. The zero-order valence-corrected chi connectivity index (χ0v) is 39.8. The van der Waals surface area contributed by atoms with Crippen LogP contribution in [0.5, 0.6) is 0 Å². The van der Waals surface area contributed by atoms with E-state index in [4.69, 9.17) is 24.3 Å². The van der Waals surface area contributed by atoms with Crippen LogP contribution >= 0.6 is 7.82 Å². The Morgan fingerprint density at radius 1 is 0.500 bits per heavy atom. The van der Waals surface area contributed by atoms with Crippen molar-refractivity contribution < 1.29 is 37.6 Å². The van der Waals surface area contributed by atoms with Gasteiger partial charge in [-0.1, -0.05) is 211 Å². The molecule has 10 heteroatoms. The lowest BCUT2D eigenvalue weighted by Crippen LogP contribution is -2.29. The van der Waals surface area contributed by atoms with E-state index in [2.05, 4.69) is 50.3 Å². The van der Waals surface area contributed by atoms with E-state index in [1.165, 1.54) is 148 Å². The Labute approximate surface area is 369 Å². The van der Waals surface area contributed by atoms with Crippen LogP contribution in [0.4, 0.5) is 0 Å². The molecule has 2 atom stereocenters. The normalized spacial score (nSPS) is 13.5. The van der Waals surface area contributed by atoms with Crippen LogP contribution in [0, 0.1) is 0 Å². The van der Waals surface area contributed by atoms with Gasteiger partial charge in [0.2, 0.25) is 0 Å². The van der Waals surface area contributed by atoms with Gasteiger partial charge in [0.05, 0.1) is 13.2 Å². The van der Waals surface area contributed by atoms with Gasteiger partial charge in [0.15, 0.2) is 6.10 Å². The van der Waals surface area contributed by atoms with Crippen LogP contribution in [0.25, 0.3) is 0 Å². The first-order valence-electron chi connectivity index (χ1n) is 25.0. The van der Waals surface area contributed by atoms with Gasteiger partial charge in [0, 0.05) is 19.4 Å². The molecule has 0 saturated heterocycles. The highest BCUT2D eigenvalue weighted by Gasteiger charge is 2.26. The number of ether oxygens (including phenoxy) is 2. The zero-order valence-electron chi connectivity index (χ0n) is 38.9. The molecule has 0 aromatic heterocycles. The molecular weight excluding hydrogens is 774 g/mol. The van der Waals surface area contributed by atoms with E-state index in [-0.39, 0.29) is 38.6 Å². The lowest BCUT2D eigenvalue weighted by Gasteiger charge is -2.19. The molecule has 60 heavy (non-hydrogen) atoms. The molecule has 0 rings (SSSR count). The first kappa shape index (κ1) is 58.2. The van der Waals surface area contributed by atoms with E-state index in [1.54, 1.807) is 0 Å². The van der Waals surface area contributed by atoms with Crippen LogP contribution in [0.15, 0.2) is 36.5 Å². The third-order valence-electron chi connectivity index (χ3n) is 10.8. The third kappa shape index (κ3) is 45.7. The Kier molecular flexibility index (Phi) is 45.3. The summed E-state index contributed by atoms with van der Waals surface area (Å²) in [6, 6.07) is 0. The van der Waals surface area contributed by atoms with Crippen molar-refractivity contribution in [2.24, 2.45) is 5.73 Å². The summed E-state index contributed by atoms with van der Waals surface area (Å²) in [6.45, 7) is 3.75. The lowest BCUT2D eigenvalue weighted by atomic mass is 10.0. The van der Waals surface area contributed by atoms with E-state index in [9.17, 15) is 19.0 Å². The Hall–Kier alpha value is -1.77. The monoisotopic (exact) mass is 868 g/mol. The average molecular weight is 868 g/mol. The fourth-order valence-electron chi connectivity index (χ4n) is 7.05. The largest absolute Gasteiger partial charge is 0.472 e. The molecule has 0 radical (unpaired) electrons. The Morgan fingerprint density at radius 2 is 0.867 bits per heavy atom. The van der Waals surface area contributed by atoms with Crippen LogP contribution in [-0.2, 0) is 32.7 Å². The van der Waals surface area contributed by atoms with Crippen molar-refractivity contribution >= 4 is 19.8 Å². The van der Waals surface area contributed by atoms with Crippen LogP contribution < -0.4 is 5.73 Å². The molecule has 2 unspecified atom stereocenters. The lowest BCUT2D eigenvalue weighted by molar-refractivity contribution is -0.161. The van der Waals surface area contributed by atoms with Crippen molar-refractivity contribution in [1.29, 1.82) is 0 Å². The number of allylic oxidation sites excluding steroid dienone is 6. The number of unbranched alkanes of at least 4 members (excludes halogenated alkanes) is 28. The minimum atomic E-state index is -4.38. The summed E-state index contributed by atoms with van der Waals surface area (Å²) in [5.74, 6) is -0.824. The molecule has 0 fully saturated rings. The van der Waals surface area contributed by atoms with Gasteiger partial charge in [-0.2, -0.15) is 0 Å². The number of rotatable bonds is 47. The number of hydrogen-bond acceptors (Lipinski definition) is 8. The molecule has 0 spiro atoms. The van der Waals surface area contributed by atoms with Crippen LogP contribution in [0.3, 0.4) is 0 Å². The maximum Gasteiger partial charge on any atom is 0.472 e. The summed E-state index contributed by atoms with van der Waals surface area (Å²) in [6.07, 6.45) is 53.2. The van der Waals surface area contributed by atoms with Crippen molar-refractivity contribution in [1.82, 2.24) is 0 Å². The fourth-order valence-corrected chi connectivity index (χ4v) is 7.82. The van der Waals surface area contributed by atoms with Crippen LogP contribution in [-0.4, -0.2) is 49.3 Å². The summed E-state index contributed by atoms with van der Waals surface area (Å²) >= 11 is 0. The first-order valence-corrected chi connectivity index (χ1v) is 26.5. The highest BCUT2D eigenvalue weighted by molar-refractivity contribution is 7.47. The zero-order chi connectivity index (χ0) is 43.9. The van der Waals surface area contributed by atoms with Crippen LogP contribution in [0.1, 0.15) is 239 Å². The molecule has 0 amide bonds.